The molecule has 35 valence electrons. The Morgan fingerprint density at radius 2 is 1.80 bits per heavy atom. The van der Waals surface area contributed by atoms with Crippen molar-refractivity contribution in [3.8, 4) is 0 Å². The first kappa shape index (κ1) is 5.41. The van der Waals surface area contributed by atoms with Crippen LogP contribution in [0.5, 0.6) is 0 Å². The Kier molecular flexibility index (Phi) is 2.86. The van der Waals surface area contributed by atoms with Crippen molar-refractivity contribution in [3.63, 3.8) is 0 Å². The molecule has 5 heavy (non-hydrogen) atoms. The summed E-state index contributed by atoms with van der Waals surface area (Å²) in [6.07, 6.45) is 0. The standard InChI is InChI=1S/C2H7N2.Ni/c1-4(2)3;/h3H,1-2H3;/q-1;+1. The van der Waals surface area contributed by atoms with Crippen LogP contribution in [0.2, 0.25) is 0 Å². The first-order valence-electron chi connectivity index (χ1n) is 1.28. The van der Waals surface area contributed by atoms with Crippen molar-refractivity contribution in [2.24, 2.45) is 0 Å². The van der Waals surface area contributed by atoms with Gasteiger partial charge in [-0.1, -0.05) is 0 Å². The van der Waals surface area contributed by atoms with Crippen LogP contribution >= 0.6 is 0 Å². The molecule has 0 aromatic rings. The van der Waals surface area contributed by atoms with Crippen molar-refractivity contribution in [2.75, 3.05) is 14.1 Å². The zero-order valence-corrected chi connectivity index (χ0v) is 4.25. The van der Waals surface area contributed by atoms with Crippen molar-refractivity contribution in [2.45, 2.75) is 0 Å². The molecule has 0 heterocycles. The molecule has 0 spiro atoms. The minimum atomic E-state index is 1.71. The molecule has 1 N–H and O–H groups in total. The predicted molar refractivity (Wildman–Crippen MR) is 16.8 cm³/mol. The molecular formula is C2H7N2Ni. The zero-order valence-electron chi connectivity index (χ0n) is 3.26. The third-order valence-electron chi connectivity index (χ3n) is 0.141. The van der Waals surface area contributed by atoms with E-state index in [-0.39, 0.29) is 0 Å². The van der Waals surface area contributed by atoms with Crippen molar-refractivity contribution in [1.29, 1.82) is 0 Å². The molecule has 0 atom stereocenters. The monoisotopic (exact) mass is 117 g/mol. The van der Waals surface area contributed by atoms with E-state index in [9.17, 15) is 0 Å². The van der Waals surface area contributed by atoms with E-state index >= 15 is 0 Å². The van der Waals surface area contributed by atoms with Gasteiger partial charge in [0.05, 0.1) is 0 Å². The molecule has 0 aromatic heterocycles. The van der Waals surface area contributed by atoms with E-state index in [2.05, 4.69) is 20.2 Å². The molecule has 0 saturated heterocycles. The number of nitrogens with one attached hydrogen (secondary N) is 1. The summed E-state index contributed by atoms with van der Waals surface area (Å²) in [6.45, 7) is 0. The second-order valence-electron chi connectivity index (χ2n) is 0.965. The molecule has 0 aliphatic carbocycles. The van der Waals surface area contributed by atoms with Gasteiger partial charge in [-0.3, -0.25) is 0 Å². The summed E-state index contributed by atoms with van der Waals surface area (Å²) in [5, 5.41) is 1.71. The van der Waals surface area contributed by atoms with Crippen molar-refractivity contribution >= 4 is 0 Å². The van der Waals surface area contributed by atoms with Crippen LogP contribution in [0.15, 0.2) is 0 Å². The zero-order chi connectivity index (χ0) is 4.28. The van der Waals surface area contributed by atoms with Gasteiger partial charge in [-0.15, -0.1) is 0 Å². The van der Waals surface area contributed by atoms with Crippen molar-refractivity contribution in [3.05, 3.63) is 0 Å². The number of rotatable bonds is 1. The van der Waals surface area contributed by atoms with E-state index in [4.69, 9.17) is 0 Å². The summed E-state index contributed by atoms with van der Waals surface area (Å²) in [5.41, 5.74) is 0. The van der Waals surface area contributed by atoms with Gasteiger partial charge >= 0.3 is 39.3 Å². The molecule has 0 unspecified atom stereocenters. The molecule has 0 bridgehead atoms. The van der Waals surface area contributed by atoms with Gasteiger partial charge in [0.25, 0.3) is 0 Å². The molecule has 3 heteroatoms. The van der Waals surface area contributed by atoms with E-state index in [1.807, 2.05) is 14.1 Å². The summed E-state index contributed by atoms with van der Waals surface area (Å²) >= 11 is 4.10. The third kappa shape index (κ3) is 4.41. The van der Waals surface area contributed by atoms with Crippen LogP contribution in [0.3, 0.4) is 0 Å². The Morgan fingerprint density at radius 3 is 1.80 bits per heavy atom. The van der Waals surface area contributed by atoms with Gasteiger partial charge in [-0.25, -0.2) is 0 Å². The second kappa shape index (κ2) is 2.64. The SMILES string of the molecule is CN(C)[NH][Ni]. The van der Waals surface area contributed by atoms with Gasteiger partial charge in [-0.2, -0.15) is 0 Å². The van der Waals surface area contributed by atoms with Gasteiger partial charge < -0.3 is 0 Å². The maximum atomic E-state index is 4.10. The quantitative estimate of drug-likeness (QED) is 0.369. The Labute approximate surface area is 40.1 Å². The predicted octanol–water partition coefficient (Wildman–Crippen LogP) is -0.486. The average molecular weight is 118 g/mol. The molecule has 0 radical (unpaired) electrons. The summed E-state index contributed by atoms with van der Waals surface area (Å²) in [5.74, 6) is 0. The molecule has 0 fully saturated rings. The number of hydrogen-bond acceptors (Lipinski definition) is 2. The molecule has 0 aliphatic heterocycles. The van der Waals surface area contributed by atoms with Crippen LogP contribution in [0, 0.1) is 0 Å². The normalized spacial score (nSPS) is 9.80. The van der Waals surface area contributed by atoms with E-state index in [0.29, 0.717) is 0 Å². The number of hydrazine groups is 1. The van der Waals surface area contributed by atoms with Crippen LogP contribution in [0.1, 0.15) is 0 Å². The molecule has 2 nitrogen and oxygen atoms in total. The van der Waals surface area contributed by atoms with Crippen molar-refractivity contribution in [1.82, 2.24) is 9.52 Å². The van der Waals surface area contributed by atoms with Crippen LogP contribution in [0.4, 0.5) is 0 Å². The molecule has 0 rings (SSSR count). The maximum absolute atomic E-state index is 4.10. The number of nitrogens with zero attached hydrogens (tertiary/aromatic N) is 1. The summed E-state index contributed by atoms with van der Waals surface area (Å²) in [4.78, 5) is 0. The number of hydrogen-bond donors (Lipinski definition) is 1. The van der Waals surface area contributed by atoms with E-state index in [1.54, 1.807) is 5.01 Å². The van der Waals surface area contributed by atoms with E-state index in [1.165, 1.54) is 0 Å². The fourth-order valence-corrected chi connectivity index (χ4v) is 0. The third-order valence-corrected chi connectivity index (χ3v) is 0.583. The summed E-state index contributed by atoms with van der Waals surface area (Å²) in [7, 11) is 3.70. The Balaban J connectivity index is 2.54. The Morgan fingerprint density at radius 1 is 1.60 bits per heavy atom. The van der Waals surface area contributed by atoms with Crippen LogP contribution in [-0.2, 0) is 15.7 Å². The second-order valence-corrected chi connectivity index (χ2v) is 1.19. The van der Waals surface area contributed by atoms with E-state index in [0.717, 1.165) is 0 Å². The Hall–Kier alpha value is 0.414. The van der Waals surface area contributed by atoms with Gasteiger partial charge in [0.2, 0.25) is 0 Å². The minimum absolute atomic E-state index is 1.71. The summed E-state index contributed by atoms with van der Waals surface area (Å²) < 4.78 is 2.49. The van der Waals surface area contributed by atoms with E-state index < -0.39 is 0 Å². The van der Waals surface area contributed by atoms with Gasteiger partial charge in [-0.05, 0) is 0 Å². The summed E-state index contributed by atoms with van der Waals surface area (Å²) in [6, 6.07) is 0. The fraction of sp³-hybridized carbons (Fsp3) is 1.00. The topological polar surface area (TPSA) is 15.3 Å². The van der Waals surface area contributed by atoms with Crippen molar-refractivity contribution < 1.29 is 15.7 Å². The van der Waals surface area contributed by atoms with Gasteiger partial charge in [0.1, 0.15) is 0 Å². The van der Waals surface area contributed by atoms with Crippen LogP contribution < -0.4 is 4.51 Å². The molecular weight excluding hydrogens is 111 g/mol. The first-order chi connectivity index (χ1) is 2.27. The molecule has 0 aromatic carbocycles. The van der Waals surface area contributed by atoms with Crippen LogP contribution in [-0.4, -0.2) is 19.1 Å². The van der Waals surface area contributed by atoms with Gasteiger partial charge in [0, 0.05) is 0 Å². The molecule has 0 amide bonds. The first-order valence-corrected chi connectivity index (χ1v) is 1.77. The Bertz CT molecular complexity index is 21.6. The van der Waals surface area contributed by atoms with Crippen LogP contribution in [0.25, 0.3) is 0 Å². The fourth-order valence-electron chi connectivity index (χ4n) is 0. The van der Waals surface area contributed by atoms with Gasteiger partial charge in [0.15, 0.2) is 0 Å². The molecule has 0 aliphatic rings. The molecule has 0 saturated carbocycles. The average Bonchev–Trinajstić information content (AvgIpc) is 1.38.